The Balaban J connectivity index is 1.33. The fourth-order valence-corrected chi connectivity index (χ4v) is 5.71. The SMILES string of the molecule is Cc1cn2nc([C@@H]3CCCCN3C(=O)c3n[nH]c4c3CCCC4)cc2nc1N1CCCC1. The second-order valence-electron chi connectivity index (χ2n) is 9.56. The molecule has 0 spiro atoms. The fraction of sp³-hybridized carbons (Fsp3) is 0.583. The maximum absolute atomic E-state index is 13.6. The van der Waals surface area contributed by atoms with Gasteiger partial charge in [-0.25, -0.2) is 9.50 Å². The largest absolute Gasteiger partial charge is 0.356 e. The third kappa shape index (κ3) is 3.27. The second kappa shape index (κ2) is 7.90. The van der Waals surface area contributed by atoms with Gasteiger partial charge in [0.2, 0.25) is 0 Å². The topological polar surface area (TPSA) is 82.4 Å². The van der Waals surface area contributed by atoms with Gasteiger partial charge in [0.05, 0.1) is 11.7 Å². The van der Waals surface area contributed by atoms with Crippen molar-refractivity contribution in [1.29, 1.82) is 0 Å². The number of amides is 1. The van der Waals surface area contributed by atoms with Gasteiger partial charge in [-0.15, -0.1) is 0 Å². The molecule has 2 aliphatic heterocycles. The third-order valence-electron chi connectivity index (χ3n) is 7.39. The Bertz CT molecular complexity index is 1160. The lowest BCUT2D eigenvalue weighted by Crippen LogP contribution is -2.39. The van der Waals surface area contributed by atoms with Gasteiger partial charge in [-0.2, -0.15) is 10.2 Å². The Hall–Kier alpha value is -2.90. The quantitative estimate of drug-likeness (QED) is 0.682. The highest BCUT2D eigenvalue weighted by molar-refractivity contribution is 5.94. The van der Waals surface area contributed by atoms with E-state index in [1.807, 2.05) is 9.42 Å². The Morgan fingerprint density at radius 1 is 1.06 bits per heavy atom. The number of carbonyl (C=O) groups is 1. The van der Waals surface area contributed by atoms with Crippen LogP contribution in [0.15, 0.2) is 12.3 Å². The minimum atomic E-state index is -0.0237. The van der Waals surface area contributed by atoms with Crippen molar-refractivity contribution < 1.29 is 4.79 Å². The van der Waals surface area contributed by atoms with Crippen molar-refractivity contribution in [1.82, 2.24) is 29.7 Å². The first-order valence-corrected chi connectivity index (χ1v) is 12.2. The van der Waals surface area contributed by atoms with Crippen LogP contribution in [0.4, 0.5) is 5.82 Å². The highest BCUT2D eigenvalue weighted by atomic mass is 16.2. The van der Waals surface area contributed by atoms with Crippen LogP contribution >= 0.6 is 0 Å². The third-order valence-corrected chi connectivity index (χ3v) is 7.39. The van der Waals surface area contributed by atoms with E-state index in [1.54, 1.807) is 0 Å². The zero-order valence-corrected chi connectivity index (χ0v) is 18.8. The zero-order valence-electron chi connectivity index (χ0n) is 18.8. The molecule has 3 aromatic rings. The molecule has 8 nitrogen and oxygen atoms in total. The Morgan fingerprint density at radius 3 is 2.75 bits per heavy atom. The van der Waals surface area contributed by atoms with E-state index < -0.39 is 0 Å². The molecule has 0 aromatic carbocycles. The molecule has 8 heteroatoms. The maximum atomic E-state index is 13.6. The number of nitrogens with one attached hydrogen (secondary N) is 1. The van der Waals surface area contributed by atoms with Crippen LogP contribution < -0.4 is 4.90 Å². The van der Waals surface area contributed by atoms with Crippen LogP contribution in [0.3, 0.4) is 0 Å². The minimum absolute atomic E-state index is 0.0237. The van der Waals surface area contributed by atoms with E-state index in [1.165, 1.54) is 19.3 Å². The molecule has 0 bridgehead atoms. The summed E-state index contributed by atoms with van der Waals surface area (Å²) in [7, 11) is 0. The number of aromatic nitrogens is 5. The first-order valence-electron chi connectivity index (χ1n) is 12.2. The summed E-state index contributed by atoms with van der Waals surface area (Å²) in [5.41, 5.74) is 5.85. The molecule has 3 aliphatic rings. The molecule has 3 aromatic heterocycles. The van der Waals surface area contributed by atoms with Crippen LogP contribution in [-0.2, 0) is 12.8 Å². The van der Waals surface area contributed by atoms with Crippen LogP contribution in [0, 0.1) is 6.92 Å². The molecule has 1 amide bonds. The number of rotatable bonds is 3. The number of H-pyrrole nitrogens is 1. The Morgan fingerprint density at radius 2 is 1.88 bits per heavy atom. The second-order valence-corrected chi connectivity index (χ2v) is 9.56. The predicted octanol–water partition coefficient (Wildman–Crippen LogP) is 3.61. The number of likely N-dealkylation sites (tertiary alicyclic amines) is 1. The molecule has 1 N–H and O–H groups in total. The normalized spacial score (nSPS) is 21.3. The number of carbonyl (C=O) groups excluding carboxylic acids is 1. The number of aryl methyl sites for hydroxylation is 2. The van der Waals surface area contributed by atoms with Gasteiger partial charge < -0.3 is 9.80 Å². The molecule has 0 unspecified atom stereocenters. The summed E-state index contributed by atoms with van der Waals surface area (Å²) in [5, 5.41) is 12.5. The predicted molar refractivity (Wildman–Crippen MR) is 122 cm³/mol. The van der Waals surface area contributed by atoms with Crippen molar-refractivity contribution in [2.75, 3.05) is 24.5 Å². The number of nitrogens with zero attached hydrogens (tertiary/aromatic N) is 6. The Labute approximate surface area is 188 Å². The van der Waals surface area contributed by atoms with Crippen molar-refractivity contribution in [2.45, 2.75) is 70.8 Å². The van der Waals surface area contributed by atoms with Crippen molar-refractivity contribution in [3.8, 4) is 0 Å². The lowest BCUT2D eigenvalue weighted by molar-refractivity contribution is 0.0598. The number of anilines is 1. The number of piperidine rings is 1. The molecule has 5 heterocycles. The highest BCUT2D eigenvalue weighted by Gasteiger charge is 2.34. The molecular formula is C24H31N7O. The van der Waals surface area contributed by atoms with Crippen LogP contribution in [0.2, 0.25) is 0 Å². The molecule has 1 atom stereocenters. The smallest absolute Gasteiger partial charge is 0.275 e. The van der Waals surface area contributed by atoms with E-state index in [0.717, 1.165) is 92.1 Å². The van der Waals surface area contributed by atoms with Gasteiger partial charge in [0.15, 0.2) is 11.3 Å². The van der Waals surface area contributed by atoms with Gasteiger partial charge in [0.25, 0.3) is 5.91 Å². The molecule has 6 rings (SSSR count). The van der Waals surface area contributed by atoms with Gasteiger partial charge >= 0.3 is 0 Å². The molecule has 0 radical (unpaired) electrons. The summed E-state index contributed by atoms with van der Waals surface area (Å²) in [6, 6.07) is 2.05. The maximum Gasteiger partial charge on any atom is 0.275 e. The van der Waals surface area contributed by atoms with E-state index in [2.05, 4.69) is 34.3 Å². The van der Waals surface area contributed by atoms with E-state index in [0.29, 0.717) is 5.69 Å². The van der Waals surface area contributed by atoms with Crippen LogP contribution in [0.5, 0.6) is 0 Å². The molecule has 32 heavy (non-hydrogen) atoms. The standard InChI is InChI=1S/C24H31N7O/c1-16-15-31-21(25-23(16)29-11-6-7-12-29)14-19(28-31)20-10-4-5-13-30(20)24(32)22-17-8-2-3-9-18(17)26-27-22/h14-15,20H,2-13H2,1H3,(H,26,27)/t20-/m0/s1. The number of fused-ring (bicyclic) bond motifs is 2. The summed E-state index contributed by atoms with van der Waals surface area (Å²) >= 11 is 0. The number of hydrogen-bond acceptors (Lipinski definition) is 5. The van der Waals surface area contributed by atoms with Crippen molar-refractivity contribution in [2.24, 2.45) is 0 Å². The molecule has 2 saturated heterocycles. The lowest BCUT2D eigenvalue weighted by Gasteiger charge is -2.34. The number of hydrogen-bond donors (Lipinski definition) is 1. The van der Waals surface area contributed by atoms with E-state index in [4.69, 9.17) is 10.1 Å². The van der Waals surface area contributed by atoms with Crippen molar-refractivity contribution >= 4 is 17.4 Å². The summed E-state index contributed by atoms with van der Waals surface area (Å²) < 4.78 is 1.89. The van der Waals surface area contributed by atoms with Crippen LogP contribution in [0.25, 0.3) is 5.65 Å². The average Bonchev–Trinajstić information content (AvgIpc) is 3.57. The van der Waals surface area contributed by atoms with E-state index >= 15 is 0 Å². The van der Waals surface area contributed by atoms with Gasteiger partial charge in [-0.05, 0) is 64.7 Å². The molecule has 1 aliphatic carbocycles. The molecule has 0 saturated carbocycles. The van der Waals surface area contributed by atoms with Crippen LogP contribution in [0.1, 0.15) is 84.0 Å². The van der Waals surface area contributed by atoms with Crippen molar-refractivity contribution in [3.05, 3.63) is 40.5 Å². The molecule has 168 valence electrons. The monoisotopic (exact) mass is 433 g/mol. The van der Waals surface area contributed by atoms with E-state index in [-0.39, 0.29) is 11.9 Å². The molecular weight excluding hydrogens is 402 g/mol. The van der Waals surface area contributed by atoms with E-state index in [9.17, 15) is 4.79 Å². The van der Waals surface area contributed by atoms with Gasteiger partial charge in [-0.1, -0.05) is 0 Å². The lowest BCUT2D eigenvalue weighted by atomic mass is 9.94. The Kier molecular flexibility index (Phi) is 4.88. The summed E-state index contributed by atoms with van der Waals surface area (Å²) in [6.45, 7) is 5.01. The minimum Gasteiger partial charge on any atom is -0.356 e. The zero-order chi connectivity index (χ0) is 21.7. The first kappa shape index (κ1) is 19.8. The summed E-state index contributed by atoms with van der Waals surface area (Å²) in [4.78, 5) is 22.9. The average molecular weight is 434 g/mol. The van der Waals surface area contributed by atoms with Crippen LogP contribution in [-0.4, -0.2) is 55.2 Å². The first-order chi connectivity index (χ1) is 15.7. The highest BCUT2D eigenvalue weighted by Crippen LogP contribution is 2.34. The van der Waals surface area contributed by atoms with Gasteiger partial charge in [-0.3, -0.25) is 9.89 Å². The van der Waals surface area contributed by atoms with Crippen molar-refractivity contribution in [3.63, 3.8) is 0 Å². The fourth-order valence-electron chi connectivity index (χ4n) is 5.71. The summed E-state index contributed by atoms with van der Waals surface area (Å²) in [6.07, 6.45) is 11.8. The summed E-state index contributed by atoms with van der Waals surface area (Å²) in [5.74, 6) is 1.12. The van der Waals surface area contributed by atoms with Gasteiger partial charge in [0, 0.05) is 48.7 Å². The van der Waals surface area contributed by atoms with Gasteiger partial charge in [0.1, 0.15) is 5.82 Å². The number of aromatic amines is 1. The molecule has 2 fully saturated rings.